The number of nitrogens with zero attached hydrogens (tertiary/aromatic N) is 3. The van der Waals surface area contributed by atoms with Crippen LogP contribution in [0.1, 0.15) is 62.3 Å². The summed E-state index contributed by atoms with van der Waals surface area (Å²) in [5, 5.41) is 12.2. The molecule has 2 fully saturated rings. The summed E-state index contributed by atoms with van der Waals surface area (Å²) < 4.78 is 0. The summed E-state index contributed by atoms with van der Waals surface area (Å²) >= 11 is 0. The van der Waals surface area contributed by atoms with E-state index in [1.807, 2.05) is 61.2 Å². The third-order valence-electron chi connectivity index (χ3n) is 7.65. The van der Waals surface area contributed by atoms with Gasteiger partial charge < -0.3 is 15.1 Å². The monoisotopic (exact) mass is 508 g/mol. The average Bonchev–Trinajstić information content (AvgIpc) is 3.18. The first-order chi connectivity index (χ1) is 16.9. The summed E-state index contributed by atoms with van der Waals surface area (Å²) in [6.07, 6.45) is 3.56. The molecule has 2 aliphatic rings. The molecule has 0 radical (unpaired) electrons. The van der Waals surface area contributed by atoms with E-state index in [-0.39, 0.29) is 41.6 Å². The predicted octanol–water partition coefficient (Wildman–Crippen LogP) is 4.70. The second-order valence-corrected chi connectivity index (χ2v) is 10.3. The normalized spacial score (nSPS) is 18.1. The average molecular weight is 509 g/mol. The van der Waals surface area contributed by atoms with Gasteiger partial charge in [-0.3, -0.25) is 9.59 Å². The maximum Gasteiger partial charge on any atom is 0.229 e. The van der Waals surface area contributed by atoms with E-state index in [4.69, 9.17) is 5.26 Å². The lowest BCUT2D eigenvalue weighted by Crippen LogP contribution is -2.45. The highest BCUT2D eigenvalue weighted by Gasteiger charge is 2.47. The van der Waals surface area contributed by atoms with E-state index in [2.05, 4.69) is 28.4 Å². The van der Waals surface area contributed by atoms with Crippen LogP contribution in [0.2, 0.25) is 0 Å². The molecular weight excluding hydrogens is 472 g/mol. The molecule has 0 saturated carbocycles. The molecule has 0 unspecified atom stereocenters. The first kappa shape index (κ1) is 27.7. The molecule has 2 aliphatic heterocycles. The summed E-state index contributed by atoms with van der Waals surface area (Å²) in [7, 11) is 0. The fourth-order valence-corrected chi connectivity index (χ4v) is 5.27. The first-order valence-corrected chi connectivity index (χ1v) is 12.8. The van der Waals surface area contributed by atoms with Crippen LogP contribution in [0.25, 0.3) is 0 Å². The Hall–Kier alpha value is -2.88. The van der Waals surface area contributed by atoms with Gasteiger partial charge in [0.15, 0.2) is 0 Å². The van der Waals surface area contributed by atoms with E-state index in [1.54, 1.807) is 0 Å². The third-order valence-corrected chi connectivity index (χ3v) is 7.65. The Bertz CT molecular complexity index is 1060. The van der Waals surface area contributed by atoms with E-state index in [9.17, 15) is 9.59 Å². The summed E-state index contributed by atoms with van der Waals surface area (Å²) in [4.78, 5) is 30.2. The van der Waals surface area contributed by atoms with Crippen LogP contribution in [-0.4, -0.2) is 47.8 Å². The fraction of sp³-hybridized carbons (Fsp3) is 0.483. The molecule has 2 heterocycles. The highest BCUT2D eigenvalue weighted by atomic mass is 35.5. The molecule has 0 bridgehead atoms. The SMILES string of the molecule is CC(C)C(=O)N[C@@H](CCN1CCC2(CC1)CCN(Cc1ccc(C#N)cc1)C2=O)c1ccccc1.Cl. The minimum atomic E-state index is -0.228. The number of amides is 2. The Morgan fingerprint density at radius 2 is 1.67 bits per heavy atom. The quantitative estimate of drug-likeness (QED) is 0.560. The van der Waals surface area contributed by atoms with Crippen molar-refractivity contribution < 1.29 is 9.59 Å². The van der Waals surface area contributed by atoms with Crippen molar-refractivity contribution >= 4 is 24.2 Å². The van der Waals surface area contributed by atoms with Crippen molar-refractivity contribution in [2.45, 2.75) is 52.1 Å². The van der Waals surface area contributed by atoms with Gasteiger partial charge >= 0.3 is 0 Å². The molecule has 0 aliphatic carbocycles. The van der Waals surface area contributed by atoms with Crippen molar-refractivity contribution in [2.24, 2.45) is 11.3 Å². The van der Waals surface area contributed by atoms with Gasteiger partial charge in [0.05, 0.1) is 23.1 Å². The maximum absolute atomic E-state index is 13.4. The topological polar surface area (TPSA) is 76.4 Å². The van der Waals surface area contributed by atoms with Gasteiger partial charge in [-0.25, -0.2) is 0 Å². The van der Waals surface area contributed by atoms with Crippen LogP contribution >= 0.6 is 12.4 Å². The Morgan fingerprint density at radius 3 is 2.28 bits per heavy atom. The number of rotatable bonds is 8. The van der Waals surface area contributed by atoms with Crippen molar-refractivity contribution in [3.05, 3.63) is 71.3 Å². The number of hydrogen-bond acceptors (Lipinski definition) is 4. The van der Waals surface area contributed by atoms with Crippen LogP contribution in [0.5, 0.6) is 0 Å². The predicted molar refractivity (Wildman–Crippen MR) is 143 cm³/mol. The third kappa shape index (κ3) is 6.46. The molecule has 7 heteroatoms. The van der Waals surface area contributed by atoms with Gasteiger partial charge in [0.25, 0.3) is 0 Å². The molecule has 6 nitrogen and oxygen atoms in total. The number of likely N-dealkylation sites (tertiary alicyclic amines) is 2. The van der Waals surface area contributed by atoms with Crippen LogP contribution in [0.4, 0.5) is 0 Å². The zero-order valence-electron chi connectivity index (χ0n) is 21.3. The Labute approximate surface area is 221 Å². The fourth-order valence-electron chi connectivity index (χ4n) is 5.27. The highest BCUT2D eigenvalue weighted by Crippen LogP contribution is 2.42. The summed E-state index contributed by atoms with van der Waals surface area (Å²) in [5.41, 5.74) is 2.62. The lowest BCUT2D eigenvalue weighted by Gasteiger charge is -2.38. The van der Waals surface area contributed by atoms with Crippen molar-refractivity contribution in [1.82, 2.24) is 15.1 Å². The number of benzene rings is 2. The van der Waals surface area contributed by atoms with Crippen molar-refractivity contribution in [1.29, 1.82) is 5.26 Å². The van der Waals surface area contributed by atoms with Gasteiger partial charge in [-0.1, -0.05) is 56.3 Å². The van der Waals surface area contributed by atoms with Gasteiger partial charge in [-0.2, -0.15) is 5.26 Å². The van der Waals surface area contributed by atoms with Crippen molar-refractivity contribution in [3.63, 3.8) is 0 Å². The Balaban J connectivity index is 0.00000361. The largest absolute Gasteiger partial charge is 0.349 e. The second-order valence-electron chi connectivity index (χ2n) is 10.3. The molecular formula is C29H37ClN4O2. The van der Waals surface area contributed by atoms with Gasteiger partial charge in [-0.15, -0.1) is 12.4 Å². The van der Waals surface area contributed by atoms with E-state index in [0.29, 0.717) is 12.1 Å². The van der Waals surface area contributed by atoms with Crippen LogP contribution < -0.4 is 5.32 Å². The smallest absolute Gasteiger partial charge is 0.229 e. The highest BCUT2D eigenvalue weighted by molar-refractivity contribution is 5.85. The van der Waals surface area contributed by atoms with E-state index >= 15 is 0 Å². The number of hydrogen-bond donors (Lipinski definition) is 1. The minimum absolute atomic E-state index is 0. The molecule has 36 heavy (non-hydrogen) atoms. The molecule has 2 saturated heterocycles. The Morgan fingerprint density at radius 1 is 1.03 bits per heavy atom. The molecule has 1 N–H and O–H groups in total. The minimum Gasteiger partial charge on any atom is -0.349 e. The van der Waals surface area contributed by atoms with Gasteiger partial charge in [0, 0.05) is 25.6 Å². The van der Waals surface area contributed by atoms with Crippen LogP contribution in [-0.2, 0) is 16.1 Å². The number of carbonyl (C=O) groups is 2. The number of piperidine rings is 1. The summed E-state index contributed by atoms with van der Waals surface area (Å²) in [5.74, 6) is 0.319. The van der Waals surface area contributed by atoms with Gasteiger partial charge in [0.2, 0.25) is 11.8 Å². The number of carbonyl (C=O) groups excluding carboxylic acids is 2. The molecule has 4 rings (SSSR count). The molecule has 1 atom stereocenters. The van der Waals surface area contributed by atoms with Crippen LogP contribution in [0.15, 0.2) is 54.6 Å². The molecule has 2 amide bonds. The lowest BCUT2D eigenvalue weighted by molar-refractivity contribution is -0.139. The molecule has 2 aromatic carbocycles. The summed E-state index contributed by atoms with van der Waals surface area (Å²) in [6.45, 7) is 7.99. The zero-order valence-corrected chi connectivity index (χ0v) is 22.1. The first-order valence-electron chi connectivity index (χ1n) is 12.8. The second kappa shape index (κ2) is 12.4. The van der Waals surface area contributed by atoms with Gasteiger partial charge in [0.1, 0.15) is 0 Å². The summed E-state index contributed by atoms with van der Waals surface area (Å²) in [6, 6.07) is 19.9. The van der Waals surface area contributed by atoms with E-state index in [0.717, 1.165) is 63.0 Å². The molecule has 2 aromatic rings. The maximum atomic E-state index is 13.4. The van der Waals surface area contributed by atoms with Crippen LogP contribution in [0.3, 0.4) is 0 Å². The van der Waals surface area contributed by atoms with E-state index in [1.165, 1.54) is 0 Å². The van der Waals surface area contributed by atoms with E-state index < -0.39 is 0 Å². The van der Waals surface area contributed by atoms with Crippen molar-refractivity contribution in [2.75, 3.05) is 26.2 Å². The van der Waals surface area contributed by atoms with Crippen LogP contribution in [0, 0.1) is 22.7 Å². The number of nitrogens with one attached hydrogen (secondary N) is 1. The lowest BCUT2D eigenvalue weighted by atomic mass is 9.77. The Kier molecular flexibility index (Phi) is 9.53. The number of nitriles is 1. The molecule has 1 spiro atoms. The van der Waals surface area contributed by atoms with Gasteiger partial charge in [-0.05, 0) is 62.0 Å². The molecule has 192 valence electrons. The zero-order chi connectivity index (χ0) is 24.8. The number of halogens is 1. The molecule has 0 aromatic heterocycles. The standard InChI is InChI=1S/C29H36N4O2.ClH/c1-22(2)27(34)31-26(25-6-4-3-5-7-25)12-16-32-17-13-29(14-18-32)15-19-33(28(29)35)21-24-10-8-23(20-30)9-11-24;/h3-11,22,26H,12-19,21H2,1-2H3,(H,31,34);1H/t26-;/m0./s1. The van der Waals surface area contributed by atoms with Crippen molar-refractivity contribution in [3.8, 4) is 6.07 Å².